The van der Waals surface area contributed by atoms with Crippen LogP contribution in [0.4, 0.5) is 0 Å². The molecule has 2 aromatic heterocycles. The number of furan rings is 1. The highest BCUT2D eigenvalue weighted by Crippen LogP contribution is 2.19. The molecule has 1 atom stereocenters. The van der Waals surface area contributed by atoms with Crippen LogP contribution >= 0.6 is 0 Å². The molecule has 0 bridgehead atoms. The molecule has 0 saturated heterocycles. The second-order valence-corrected chi connectivity index (χ2v) is 4.94. The molecule has 21 heavy (non-hydrogen) atoms. The van der Waals surface area contributed by atoms with Crippen LogP contribution < -0.4 is 5.32 Å². The molecule has 0 amide bonds. The van der Waals surface area contributed by atoms with E-state index in [1.165, 1.54) is 5.56 Å². The van der Waals surface area contributed by atoms with Crippen molar-refractivity contribution in [1.82, 2.24) is 15.1 Å². The van der Waals surface area contributed by atoms with Crippen LogP contribution in [0.3, 0.4) is 0 Å². The average molecular weight is 281 g/mol. The van der Waals surface area contributed by atoms with Crippen LogP contribution in [-0.4, -0.2) is 9.78 Å². The van der Waals surface area contributed by atoms with E-state index in [9.17, 15) is 0 Å². The molecule has 1 unspecified atom stereocenters. The number of hydrogen-bond acceptors (Lipinski definition) is 3. The van der Waals surface area contributed by atoms with Crippen LogP contribution in [0, 0.1) is 0 Å². The van der Waals surface area contributed by atoms with Gasteiger partial charge in [0.1, 0.15) is 5.76 Å². The molecule has 0 spiro atoms. The minimum absolute atomic E-state index is 0.227. The highest BCUT2D eigenvalue weighted by Gasteiger charge is 2.12. The monoisotopic (exact) mass is 281 g/mol. The van der Waals surface area contributed by atoms with E-state index in [4.69, 9.17) is 4.42 Å². The lowest BCUT2D eigenvalue weighted by atomic mass is 10.1. The normalized spacial score (nSPS) is 12.4. The van der Waals surface area contributed by atoms with Crippen LogP contribution in [0.1, 0.15) is 30.7 Å². The molecular weight excluding hydrogens is 262 g/mol. The summed E-state index contributed by atoms with van der Waals surface area (Å²) in [5, 5.41) is 7.87. The summed E-state index contributed by atoms with van der Waals surface area (Å²) < 4.78 is 7.39. The quantitative estimate of drug-likeness (QED) is 0.749. The Morgan fingerprint density at radius 1 is 1.19 bits per heavy atom. The Labute approximate surface area is 124 Å². The summed E-state index contributed by atoms with van der Waals surface area (Å²) in [6.07, 6.45) is 6.46. The molecule has 0 aliphatic rings. The van der Waals surface area contributed by atoms with E-state index in [-0.39, 0.29) is 6.04 Å². The maximum atomic E-state index is 5.50. The second kappa shape index (κ2) is 6.41. The van der Waals surface area contributed by atoms with Gasteiger partial charge in [0, 0.05) is 18.9 Å². The lowest BCUT2D eigenvalue weighted by Gasteiger charge is -2.16. The molecule has 0 saturated carbocycles. The zero-order chi connectivity index (χ0) is 14.5. The summed E-state index contributed by atoms with van der Waals surface area (Å²) in [4.78, 5) is 0. The lowest BCUT2D eigenvalue weighted by Crippen LogP contribution is -2.20. The van der Waals surface area contributed by atoms with E-state index in [0.29, 0.717) is 0 Å². The first-order valence-corrected chi connectivity index (χ1v) is 7.23. The van der Waals surface area contributed by atoms with Crippen molar-refractivity contribution in [3.05, 3.63) is 72.4 Å². The Bertz CT molecular complexity index is 659. The molecule has 108 valence electrons. The molecule has 1 N–H and O–H groups in total. The third kappa shape index (κ3) is 3.06. The van der Waals surface area contributed by atoms with Crippen molar-refractivity contribution >= 4 is 0 Å². The molecule has 2 heterocycles. The smallest absolute Gasteiger partial charge is 0.120 e. The molecule has 1 aromatic carbocycles. The molecule has 0 fully saturated rings. The summed E-state index contributed by atoms with van der Waals surface area (Å²) in [6.45, 7) is 2.93. The highest BCUT2D eigenvalue weighted by molar-refractivity contribution is 5.40. The number of benzene rings is 1. The summed E-state index contributed by atoms with van der Waals surface area (Å²) in [7, 11) is 0. The summed E-state index contributed by atoms with van der Waals surface area (Å²) in [5.41, 5.74) is 2.32. The van der Waals surface area contributed by atoms with Crippen molar-refractivity contribution in [2.75, 3.05) is 0 Å². The number of hydrogen-bond donors (Lipinski definition) is 1. The molecule has 0 aliphatic carbocycles. The minimum Gasteiger partial charge on any atom is -0.468 e. The maximum absolute atomic E-state index is 5.50. The standard InChI is InChI=1S/C17H19N3O/c1-2-15(17-9-5-12-21-17)18-13-14-7-3-4-8-16(14)20-11-6-10-19-20/h3-12,15,18H,2,13H2,1H3. The lowest BCUT2D eigenvalue weighted by molar-refractivity contribution is 0.403. The fraction of sp³-hybridized carbons (Fsp3) is 0.235. The first kappa shape index (κ1) is 13.6. The predicted molar refractivity (Wildman–Crippen MR) is 82.1 cm³/mol. The van der Waals surface area contributed by atoms with Crippen LogP contribution in [-0.2, 0) is 6.54 Å². The van der Waals surface area contributed by atoms with Crippen molar-refractivity contribution < 1.29 is 4.42 Å². The fourth-order valence-corrected chi connectivity index (χ4v) is 2.46. The van der Waals surface area contributed by atoms with Gasteiger partial charge in [0.25, 0.3) is 0 Å². The topological polar surface area (TPSA) is 43.0 Å². The van der Waals surface area contributed by atoms with Gasteiger partial charge in [-0.25, -0.2) is 4.68 Å². The third-order valence-electron chi connectivity index (χ3n) is 3.58. The number of rotatable bonds is 6. The Kier molecular flexibility index (Phi) is 4.17. The third-order valence-corrected chi connectivity index (χ3v) is 3.58. The van der Waals surface area contributed by atoms with Gasteiger partial charge in [-0.1, -0.05) is 25.1 Å². The molecule has 0 aliphatic heterocycles. The zero-order valence-corrected chi connectivity index (χ0v) is 12.1. The molecule has 3 rings (SSSR count). The maximum Gasteiger partial charge on any atom is 0.120 e. The number of nitrogens with one attached hydrogen (secondary N) is 1. The average Bonchev–Trinajstić information content (AvgIpc) is 3.22. The largest absolute Gasteiger partial charge is 0.468 e. The minimum atomic E-state index is 0.227. The van der Waals surface area contributed by atoms with E-state index in [1.807, 2.05) is 35.1 Å². The number of nitrogens with zero attached hydrogens (tertiary/aromatic N) is 2. The van der Waals surface area contributed by atoms with E-state index in [2.05, 4.69) is 35.5 Å². The number of aromatic nitrogens is 2. The first-order valence-electron chi connectivity index (χ1n) is 7.23. The summed E-state index contributed by atoms with van der Waals surface area (Å²) >= 11 is 0. The summed E-state index contributed by atoms with van der Waals surface area (Å²) in [5.74, 6) is 0.981. The van der Waals surface area contributed by atoms with Crippen LogP contribution in [0.2, 0.25) is 0 Å². The zero-order valence-electron chi connectivity index (χ0n) is 12.1. The van der Waals surface area contributed by atoms with Gasteiger partial charge in [0.05, 0.1) is 18.0 Å². The predicted octanol–water partition coefficient (Wildman–Crippen LogP) is 3.71. The fourth-order valence-electron chi connectivity index (χ4n) is 2.46. The molecular formula is C17H19N3O. The Morgan fingerprint density at radius 3 is 2.81 bits per heavy atom. The molecule has 3 aromatic rings. The highest BCUT2D eigenvalue weighted by atomic mass is 16.3. The van der Waals surface area contributed by atoms with Gasteiger partial charge >= 0.3 is 0 Å². The van der Waals surface area contributed by atoms with Crippen molar-refractivity contribution in [3.8, 4) is 5.69 Å². The SMILES string of the molecule is CCC(NCc1ccccc1-n1cccn1)c1ccco1. The Hall–Kier alpha value is -2.33. The van der Waals surface area contributed by atoms with Gasteiger partial charge in [0.15, 0.2) is 0 Å². The van der Waals surface area contributed by atoms with Crippen LogP contribution in [0.15, 0.2) is 65.5 Å². The van der Waals surface area contributed by atoms with Crippen molar-refractivity contribution in [2.45, 2.75) is 25.9 Å². The van der Waals surface area contributed by atoms with E-state index < -0.39 is 0 Å². The first-order chi connectivity index (χ1) is 10.4. The molecule has 0 radical (unpaired) electrons. The van der Waals surface area contributed by atoms with Gasteiger partial charge in [-0.15, -0.1) is 0 Å². The van der Waals surface area contributed by atoms with Crippen molar-refractivity contribution in [1.29, 1.82) is 0 Å². The van der Waals surface area contributed by atoms with Crippen molar-refractivity contribution in [3.63, 3.8) is 0 Å². The van der Waals surface area contributed by atoms with Gasteiger partial charge in [-0.3, -0.25) is 0 Å². The van der Waals surface area contributed by atoms with Gasteiger partial charge in [-0.05, 0) is 36.2 Å². The van der Waals surface area contributed by atoms with Gasteiger partial charge in [0.2, 0.25) is 0 Å². The number of para-hydroxylation sites is 1. The van der Waals surface area contributed by atoms with E-state index in [1.54, 1.807) is 12.5 Å². The second-order valence-electron chi connectivity index (χ2n) is 4.94. The Balaban J connectivity index is 1.76. The Morgan fingerprint density at radius 2 is 2.10 bits per heavy atom. The van der Waals surface area contributed by atoms with Crippen molar-refractivity contribution in [2.24, 2.45) is 0 Å². The van der Waals surface area contributed by atoms with Gasteiger partial charge in [-0.2, -0.15) is 5.10 Å². The van der Waals surface area contributed by atoms with Gasteiger partial charge < -0.3 is 9.73 Å². The van der Waals surface area contributed by atoms with Crippen LogP contribution in [0.5, 0.6) is 0 Å². The van der Waals surface area contributed by atoms with E-state index in [0.717, 1.165) is 24.4 Å². The summed E-state index contributed by atoms with van der Waals surface area (Å²) in [6, 6.07) is 14.4. The molecule has 4 heteroatoms. The van der Waals surface area contributed by atoms with Crippen LogP contribution in [0.25, 0.3) is 5.69 Å². The van der Waals surface area contributed by atoms with E-state index >= 15 is 0 Å². The molecule has 4 nitrogen and oxygen atoms in total.